The Bertz CT molecular complexity index is 1050. The zero-order valence-electron chi connectivity index (χ0n) is 15.6. The van der Waals surface area contributed by atoms with Gasteiger partial charge in [-0.3, -0.25) is 4.79 Å². The van der Waals surface area contributed by atoms with E-state index >= 15 is 0 Å². The highest BCUT2D eigenvalue weighted by Crippen LogP contribution is 2.41. The standard InChI is InChI=1S/C20H19FN2O4S2/c1-27-16-8-2-13(3-9-16)10-19(24)22-20-23(15-6-4-14(21)5-7-15)17-11-29(25,26)12-18(17)28-20/h2-9,17-18H,10-12H2,1H3/t17-,18+/m0/s1. The Hall–Kier alpha value is -2.39. The molecule has 0 N–H and O–H groups in total. The Morgan fingerprint density at radius 1 is 1.17 bits per heavy atom. The van der Waals surface area contributed by atoms with Gasteiger partial charge in [0.15, 0.2) is 15.0 Å². The van der Waals surface area contributed by atoms with Crippen molar-refractivity contribution in [2.45, 2.75) is 17.7 Å². The normalized spacial score (nSPS) is 23.9. The molecule has 2 aromatic rings. The first-order valence-electron chi connectivity index (χ1n) is 9.01. The summed E-state index contributed by atoms with van der Waals surface area (Å²) in [5.41, 5.74) is 1.43. The number of methoxy groups -OCH3 is 1. The third kappa shape index (κ3) is 4.30. The fourth-order valence-corrected chi connectivity index (χ4v) is 7.46. The molecule has 2 aromatic carbocycles. The van der Waals surface area contributed by atoms with Crippen molar-refractivity contribution in [1.82, 2.24) is 0 Å². The highest BCUT2D eigenvalue weighted by atomic mass is 32.2. The first-order valence-corrected chi connectivity index (χ1v) is 11.7. The molecule has 2 fully saturated rings. The van der Waals surface area contributed by atoms with Gasteiger partial charge in [-0.25, -0.2) is 12.8 Å². The second-order valence-corrected chi connectivity index (χ2v) is 10.3. The molecule has 0 aromatic heterocycles. The van der Waals surface area contributed by atoms with Gasteiger partial charge in [-0.2, -0.15) is 4.99 Å². The second-order valence-electron chi connectivity index (χ2n) is 6.96. The number of benzene rings is 2. The molecule has 2 aliphatic heterocycles. The minimum Gasteiger partial charge on any atom is -0.497 e. The molecule has 2 heterocycles. The molecular weight excluding hydrogens is 415 g/mol. The highest BCUT2D eigenvalue weighted by molar-refractivity contribution is 8.16. The van der Waals surface area contributed by atoms with Crippen molar-refractivity contribution in [2.24, 2.45) is 4.99 Å². The van der Waals surface area contributed by atoms with Gasteiger partial charge in [-0.1, -0.05) is 23.9 Å². The van der Waals surface area contributed by atoms with E-state index in [1.165, 1.54) is 23.9 Å². The lowest BCUT2D eigenvalue weighted by Gasteiger charge is -2.24. The van der Waals surface area contributed by atoms with Gasteiger partial charge in [0.2, 0.25) is 0 Å². The third-order valence-electron chi connectivity index (χ3n) is 4.91. The lowest BCUT2D eigenvalue weighted by molar-refractivity contribution is -0.117. The van der Waals surface area contributed by atoms with Crippen molar-refractivity contribution < 1.29 is 22.3 Å². The van der Waals surface area contributed by atoms with Gasteiger partial charge < -0.3 is 9.64 Å². The summed E-state index contributed by atoms with van der Waals surface area (Å²) >= 11 is 1.30. The van der Waals surface area contributed by atoms with Crippen molar-refractivity contribution >= 4 is 38.4 Å². The zero-order valence-corrected chi connectivity index (χ0v) is 17.2. The van der Waals surface area contributed by atoms with Crippen molar-refractivity contribution in [3.05, 3.63) is 59.9 Å². The predicted molar refractivity (Wildman–Crippen MR) is 112 cm³/mol. The fourth-order valence-electron chi connectivity index (χ4n) is 3.53. The summed E-state index contributed by atoms with van der Waals surface area (Å²) in [5, 5.41) is 0.262. The average Bonchev–Trinajstić information content (AvgIpc) is 3.14. The number of carbonyl (C=O) groups excluding carboxylic acids is 1. The van der Waals surface area contributed by atoms with Crippen LogP contribution in [0.5, 0.6) is 5.75 Å². The van der Waals surface area contributed by atoms with Crippen LogP contribution in [-0.2, 0) is 21.1 Å². The number of ether oxygens (including phenoxy) is 1. The number of halogens is 1. The van der Waals surface area contributed by atoms with Crippen LogP contribution in [0.4, 0.5) is 10.1 Å². The lowest BCUT2D eigenvalue weighted by Crippen LogP contribution is -2.37. The first-order chi connectivity index (χ1) is 13.8. The van der Waals surface area contributed by atoms with Crippen LogP contribution in [-0.4, -0.2) is 49.4 Å². The van der Waals surface area contributed by atoms with Crippen LogP contribution >= 0.6 is 11.8 Å². The van der Waals surface area contributed by atoms with Crippen molar-refractivity contribution in [1.29, 1.82) is 0 Å². The van der Waals surface area contributed by atoms with Crippen LogP contribution in [0.3, 0.4) is 0 Å². The molecule has 0 radical (unpaired) electrons. The summed E-state index contributed by atoms with van der Waals surface area (Å²) in [6.07, 6.45) is 0.124. The number of nitrogens with zero attached hydrogens (tertiary/aromatic N) is 2. The van der Waals surface area contributed by atoms with E-state index in [2.05, 4.69) is 4.99 Å². The Labute approximate surface area is 172 Å². The third-order valence-corrected chi connectivity index (χ3v) is 8.12. The van der Waals surface area contributed by atoms with Gasteiger partial charge in [0, 0.05) is 10.9 Å². The van der Waals surface area contributed by atoms with E-state index < -0.39 is 9.84 Å². The number of thioether (sulfide) groups is 1. The van der Waals surface area contributed by atoms with Crippen molar-refractivity contribution in [3.8, 4) is 5.75 Å². The quantitative estimate of drug-likeness (QED) is 0.737. The molecule has 0 bridgehead atoms. The molecule has 0 aliphatic carbocycles. The smallest absolute Gasteiger partial charge is 0.252 e. The number of aliphatic imine (C=N–C) groups is 1. The Kier molecular flexibility index (Phi) is 5.35. The van der Waals surface area contributed by atoms with Crippen LogP contribution < -0.4 is 9.64 Å². The largest absolute Gasteiger partial charge is 0.497 e. The molecule has 0 unspecified atom stereocenters. The van der Waals surface area contributed by atoms with Crippen molar-refractivity contribution in [3.63, 3.8) is 0 Å². The molecule has 29 heavy (non-hydrogen) atoms. The Morgan fingerprint density at radius 3 is 2.52 bits per heavy atom. The average molecular weight is 435 g/mol. The van der Waals surface area contributed by atoms with Gasteiger partial charge in [0.05, 0.1) is 31.1 Å². The summed E-state index contributed by atoms with van der Waals surface area (Å²) in [4.78, 5) is 18.6. The van der Waals surface area contributed by atoms with Crippen molar-refractivity contribution in [2.75, 3.05) is 23.5 Å². The number of rotatable bonds is 4. The summed E-state index contributed by atoms with van der Waals surface area (Å²) in [7, 11) is -1.58. The van der Waals surface area contributed by atoms with E-state index in [1.54, 1.807) is 48.4 Å². The van der Waals surface area contributed by atoms with E-state index in [0.717, 1.165) is 5.56 Å². The topological polar surface area (TPSA) is 76.0 Å². The van der Waals surface area contributed by atoms with Gasteiger partial charge in [-0.15, -0.1) is 0 Å². The molecule has 0 spiro atoms. The summed E-state index contributed by atoms with van der Waals surface area (Å²) < 4.78 is 42.6. The second kappa shape index (κ2) is 7.79. The van der Waals surface area contributed by atoms with E-state index in [9.17, 15) is 17.6 Å². The van der Waals surface area contributed by atoms with Gasteiger partial charge in [-0.05, 0) is 42.0 Å². The van der Waals surface area contributed by atoms with E-state index in [0.29, 0.717) is 16.6 Å². The molecule has 2 aliphatic rings. The fraction of sp³-hybridized carbons (Fsp3) is 0.300. The number of hydrogen-bond donors (Lipinski definition) is 0. The maximum absolute atomic E-state index is 13.4. The van der Waals surface area contributed by atoms with Crippen LogP contribution in [0.25, 0.3) is 0 Å². The maximum atomic E-state index is 13.4. The minimum absolute atomic E-state index is 0.00622. The van der Waals surface area contributed by atoms with Gasteiger partial charge in [0.25, 0.3) is 5.91 Å². The van der Waals surface area contributed by atoms with Crippen LogP contribution in [0.1, 0.15) is 5.56 Å². The van der Waals surface area contributed by atoms with E-state index in [4.69, 9.17) is 4.74 Å². The molecular formula is C20H19FN2O4S2. The number of amides is 1. The molecule has 6 nitrogen and oxygen atoms in total. The van der Waals surface area contributed by atoms with E-state index in [-0.39, 0.29) is 40.9 Å². The van der Waals surface area contributed by atoms with E-state index in [1.807, 2.05) is 0 Å². The molecule has 1 amide bonds. The van der Waals surface area contributed by atoms with Crippen LogP contribution in [0, 0.1) is 5.82 Å². The molecule has 2 atom stereocenters. The minimum atomic E-state index is -3.15. The maximum Gasteiger partial charge on any atom is 0.252 e. The van der Waals surface area contributed by atoms with Gasteiger partial charge in [0.1, 0.15) is 11.6 Å². The summed E-state index contributed by atoms with van der Waals surface area (Å²) in [6, 6.07) is 12.6. The molecule has 152 valence electrons. The number of anilines is 1. The number of fused-ring (bicyclic) bond motifs is 1. The first kappa shape index (κ1) is 19.9. The number of hydrogen-bond acceptors (Lipinski definition) is 5. The number of amidine groups is 1. The van der Waals surface area contributed by atoms with Crippen LogP contribution in [0.2, 0.25) is 0 Å². The summed E-state index contributed by atoms with van der Waals surface area (Å²) in [5.74, 6) is 0.0349. The van der Waals surface area contributed by atoms with Gasteiger partial charge >= 0.3 is 0 Å². The zero-order chi connectivity index (χ0) is 20.6. The monoisotopic (exact) mass is 434 g/mol. The molecule has 2 saturated heterocycles. The lowest BCUT2D eigenvalue weighted by atomic mass is 10.1. The Morgan fingerprint density at radius 2 is 1.86 bits per heavy atom. The molecule has 4 rings (SSSR count). The number of sulfone groups is 1. The predicted octanol–water partition coefficient (Wildman–Crippen LogP) is 2.68. The highest BCUT2D eigenvalue weighted by Gasteiger charge is 2.49. The summed E-state index contributed by atoms with van der Waals surface area (Å²) in [6.45, 7) is 0. The Balaban J connectivity index is 1.60. The molecule has 9 heteroatoms. The number of carbonyl (C=O) groups is 1. The van der Waals surface area contributed by atoms with Crippen LogP contribution in [0.15, 0.2) is 53.5 Å². The SMILES string of the molecule is COc1ccc(CC(=O)N=C2S[C@@H]3CS(=O)(=O)C[C@@H]3N2c2ccc(F)cc2)cc1. The molecule has 0 saturated carbocycles.